The van der Waals surface area contributed by atoms with Crippen molar-refractivity contribution in [3.63, 3.8) is 0 Å². The van der Waals surface area contributed by atoms with Crippen LogP contribution in [0.3, 0.4) is 0 Å². The number of piperidine rings is 1. The fourth-order valence-corrected chi connectivity index (χ4v) is 3.11. The van der Waals surface area contributed by atoms with Crippen LogP contribution in [0.25, 0.3) is 0 Å². The average Bonchev–Trinajstić information content (AvgIpc) is 2.65. The predicted molar refractivity (Wildman–Crippen MR) is 100 cm³/mol. The van der Waals surface area contributed by atoms with E-state index < -0.39 is 0 Å². The van der Waals surface area contributed by atoms with Crippen molar-refractivity contribution in [3.8, 4) is 11.5 Å². The Bertz CT molecular complexity index is 522. The maximum atomic E-state index is 12.1. The van der Waals surface area contributed by atoms with E-state index in [0.29, 0.717) is 26.0 Å². The molecule has 0 aromatic heterocycles. The number of likely N-dealkylation sites (tertiary alicyclic amines) is 1. The van der Waals surface area contributed by atoms with Crippen molar-refractivity contribution < 1.29 is 14.3 Å². The van der Waals surface area contributed by atoms with Crippen LogP contribution in [-0.4, -0.2) is 49.7 Å². The van der Waals surface area contributed by atoms with Gasteiger partial charge in [0.2, 0.25) is 5.91 Å². The van der Waals surface area contributed by atoms with Crippen LogP contribution in [0, 0.1) is 0 Å². The van der Waals surface area contributed by atoms with Gasteiger partial charge in [0.25, 0.3) is 0 Å². The molecule has 1 fully saturated rings. The third-order valence-electron chi connectivity index (χ3n) is 4.81. The minimum atomic E-state index is 0.0235. The van der Waals surface area contributed by atoms with Gasteiger partial charge in [-0.15, -0.1) is 0 Å². The van der Waals surface area contributed by atoms with Crippen molar-refractivity contribution in [3.05, 3.63) is 24.3 Å². The van der Waals surface area contributed by atoms with Gasteiger partial charge in [-0.3, -0.25) is 9.69 Å². The highest BCUT2D eigenvalue weighted by molar-refractivity contribution is 5.75. The van der Waals surface area contributed by atoms with Crippen molar-refractivity contribution >= 4 is 5.91 Å². The minimum absolute atomic E-state index is 0.0235. The summed E-state index contributed by atoms with van der Waals surface area (Å²) in [6.07, 6.45) is 5.06. The summed E-state index contributed by atoms with van der Waals surface area (Å²) in [4.78, 5) is 14.6. The molecule has 2 rings (SSSR count). The van der Waals surface area contributed by atoms with Crippen LogP contribution in [0.2, 0.25) is 0 Å². The van der Waals surface area contributed by atoms with Crippen LogP contribution in [0.1, 0.15) is 46.0 Å². The number of benzene rings is 1. The molecule has 0 aliphatic carbocycles. The van der Waals surface area contributed by atoms with E-state index in [2.05, 4.69) is 24.1 Å². The maximum Gasteiger partial charge on any atom is 0.220 e. The van der Waals surface area contributed by atoms with E-state index in [1.165, 1.54) is 19.3 Å². The lowest BCUT2D eigenvalue weighted by Crippen LogP contribution is -2.53. The number of hydrogen-bond donors (Lipinski definition) is 1. The molecule has 0 bridgehead atoms. The second kappa shape index (κ2) is 9.66. The van der Waals surface area contributed by atoms with E-state index in [0.717, 1.165) is 24.6 Å². The highest BCUT2D eigenvalue weighted by atomic mass is 16.5. The van der Waals surface area contributed by atoms with Crippen LogP contribution in [0.5, 0.6) is 11.5 Å². The molecule has 140 valence electrons. The van der Waals surface area contributed by atoms with E-state index in [9.17, 15) is 4.79 Å². The molecule has 1 N–H and O–H groups in total. The highest BCUT2D eigenvalue weighted by Gasteiger charge is 2.28. The second-order valence-electron chi connectivity index (χ2n) is 7.26. The Morgan fingerprint density at radius 1 is 1.12 bits per heavy atom. The number of carbonyl (C=O) groups is 1. The van der Waals surface area contributed by atoms with Gasteiger partial charge < -0.3 is 14.8 Å². The standard InChI is InChI=1S/C20H32N2O3/c1-20(2,22-13-5-4-6-14-22)16-21-19(23)8-7-15-25-18-11-9-17(24-3)10-12-18/h9-12H,4-8,13-16H2,1-3H3,(H,21,23). The van der Waals surface area contributed by atoms with E-state index >= 15 is 0 Å². The maximum absolute atomic E-state index is 12.1. The minimum Gasteiger partial charge on any atom is -0.497 e. The van der Waals surface area contributed by atoms with Crippen LogP contribution in [0.4, 0.5) is 0 Å². The van der Waals surface area contributed by atoms with Gasteiger partial charge >= 0.3 is 0 Å². The molecule has 0 spiro atoms. The van der Waals surface area contributed by atoms with E-state index in [-0.39, 0.29) is 11.4 Å². The number of methoxy groups -OCH3 is 1. The van der Waals surface area contributed by atoms with E-state index in [4.69, 9.17) is 9.47 Å². The Kier molecular flexibility index (Phi) is 7.56. The zero-order valence-electron chi connectivity index (χ0n) is 15.8. The molecule has 1 aliphatic heterocycles. The molecule has 1 aromatic rings. The summed E-state index contributed by atoms with van der Waals surface area (Å²) in [7, 11) is 1.64. The third-order valence-corrected chi connectivity index (χ3v) is 4.81. The van der Waals surface area contributed by atoms with Gasteiger partial charge in [-0.05, 0) is 70.5 Å². The lowest BCUT2D eigenvalue weighted by atomic mass is 9.98. The first-order valence-corrected chi connectivity index (χ1v) is 9.30. The summed E-state index contributed by atoms with van der Waals surface area (Å²) >= 11 is 0. The SMILES string of the molecule is COc1ccc(OCCCC(=O)NCC(C)(C)N2CCCCC2)cc1. The van der Waals surface area contributed by atoms with Gasteiger partial charge in [-0.25, -0.2) is 0 Å². The molecule has 0 atom stereocenters. The fraction of sp³-hybridized carbons (Fsp3) is 0.650. The molecular formula is C20H32N2O3. The first-order chi connectivity index (χ1) is 12.0. The van der Waals surface area contributed by atoms with Gasteiger partial charge in [0.15, 0.2) is 0 Å². The normalized spacial score (nSPS) is 15.6. The van der Waals surface area contributed by atoms with Crippen LogP contribution < -0.4 is 14.8 Å². The number of hydrogen-bond acceptors (Lipinski definition) is 4. The van der Waals surface area contributed by atoms with E-state index in [1.54, 1.807) is 7.11 Å². The summed E-state index contributed by atoms with van der Waals surface area (Å²) in [6.45, 7) is 7.94. The van der Waals surface area contributed by atoms with Crippen molar-refractivity contribution in [2.75, 3.05) is 33.4 Å². The number of nitrogens with zero attached hydrogens (tertiary/aromatic N) is 1. The fourth-order valence-electron chi connectivity index (χ4n) is 3.11. The quantitative estimate of drug-likeness (QED) is 0.696. The Hall–Kier alpha value is -1.75. The monoisotopic (exact) mass is 348 g/mol. The molecule has 25 heavy (non-hydrogen) atoms. The van der Waals surface area contributed by atoms with Gasteiger partial charge in [0, 0.05) is 18.5 Å². The average molecular weight is 348 g/mol. The summed E-state index contributed by atoms with van der Waals surface area (Å²) in [5, 5.41) is 3.08. The topological polar surface area (TPSA) is 50.8 Å². The molecule has 5 heteroatoms. The smallest absolute Gasteiger partial charge is 0.220 e. The van der Waals surface area contributed by atoms with Crippen molar-refractivity contribution in [1.29, 1.82) is 0 Å². The van der Waals surface area contributed by atoms with E-state index in [1.807, 2.05) is 24.3 Å². The number of amides is 1. The van der Waals surface area contributed by atoms with Crippen molar-refractivity contribution in [1.82, 2.24) is 10.2 Å². The Labute approximate surface area is 151 Å². The molecule has 1 amide bonds. The molecule has 0 saturated carbocycles. The van der Waals surface area contributed by atoms with Crippen LogP contribution in [-0.2, 0) is 4.79 Å². The summed E-state index contributed by atoms with van der Waals surface area (Å²) in [6, 6.07) is 7.48. The number of ether oxygens (including phenoxy) is 2. The molecule has 1 heterocycles. The predicted octanol–water partition coefficient (Wildman–Crippen LogP) is 3.23. The molecule has 0 unspecified atom stereocenters. The summed E-state index contributed by atoms with van der Waals surface area (Å²) in [5.74, 6) is 1.71. The van der Waals surface area contributed by atoms with Gasteiger partial charge in [0.05, 0.1) is 13.7 Å². The molecular weight excluding hydrogens is 316 g/mol. The number of nitrogens with one attached hydrogen (secondary N) is 1. The molecule has 5 nitrogen and oxygen atoms in total. The first-order valence-electron chi connectivity index (χ1n) is 9.30. The number of rotatable bonds is 9. The lowest BCUT2D eigenvalue weighted by Gasteiger charge is -2.41. The zero-order valence-corrected chi connectivity index (χ0v) is 15.8. The Balaban J connectivity index is 1.61. The van der Waals surface area contributed by atoms with Gasteiger partial charge in [0.1, 0.15) is 11.5 Å². The summed E-state index contributed by atoms with van der Waals surface area (Å²) < 4.78 is 10.8. The third kappa shape index (κ3) is 6.58. The molecule has 1 aliphatic rings. The van der Waals surface area contributed by atoms with Crippen molar-refractivity contribution in [2.45, 2.75) is 51.5 Å². The lowest BCUT2D eigenvalue weighted by molar-refractivity contribution is -0.121. The van der Waals surface area contributed by atoms with Gasteiger partial charge in [-0.1, -0.05) is 6.42 Å². The van der Waals surface area contributed by atoms with Gasteiger partial charge in [-0.2, -0.15) is 0 Å². The van der Waals surface area contributed by atoms with Crippen LogP contribution >= 0.6 is 0 Å². The highest BCUT2D eigenvalue weighted by Crippen LogP contribution is 2.20. The number of carbonyl (C=O) groups excluding carboxylic acids is 1. The molecule has 1 aromatic carbocycles. The van der Waals surface area contributed by atoms with Crippen LogP contribution in [0.15, 0.2) is 24.3 Å². The zero-order chi connectivity index (χ0) is 18.1. The second-order valence-corrected chi connectivity index (χ2v) is 7.26. The largest absolute Gasteiger partial charge is 0.497 e. The first kappa shape index (κ1) is 19.6. The molecule has 1 saturated heterocycles. The summed E-state index contributed by atoms with van der Waals surface area (Å²) in [5.41, 5.74) is 0.0235. The van der Waals surface area contributed by atoms with Crippen molar-refractivity contribution in [2.24, 2.45) is 0 Å². The Morgan fingerprint density at radius 3 is 2.40 bits per heavy atom. The molecule has 0 radical (unpaired) electrons. The Morgan fingerprint density at radius 2 is 1.76 bits per heavy atom.